The number of rotatable bonds is 2. The van der Waals surface area contributed by atoms with Gasteiger partial charge in [0.25, 0.3) is 0 Å². The van der Waals surface area contributed by atoms with Crippen molar-refractivity contribution in [3.05, 3.63) is 24.4 Å². The Morgan fingerprint density at radius 2 is 2.06 bits per heavy atom. The number of Topliss-reactive ketones (excluding diaryl/α,β-unsaturated/α-hetero) is 1. The van der Waals surface area contributed by atoms with Crippen LogP contribution in [0.25, 0.3) is 0 Å². The molecular weight excluding hydrogens is 233 g/mol. The van der Waals surface area contributed by atoms with E-state index in [9.17, 15) is 14.0 Å². The summed E-state index contributed by atoms with van der Waals surface area (Å²) in [4.78, 5) is 25.4. The number of ketones is 1. The predicted octanol–water partition coefficient (Wildman–Crippen LogP) is 2.24. The van der Waals surface area contributed by atoms with Crippen LogP contribution in [0.4, 0.5) is 4.39 Å². The highest BCUT2D eigenvalue weighted by Gasteiger charge is 2.37. The molecule has 0 saturated carbocycles. The zero-order valence-corrected chi connectivity index (χ0v) is 10.7. The van der Waals surface area contributed by atoms with Gasteiger partial charge in [-0.25, -0.2) is 4.39 Å². The van der Waals surface area contributed by atoms with E-state index >= 15 is 0 Å². The number of hydrogen-bond donors (Lipinski definition) is 0. The van der Waals surface area contributed by atoms with E-state index in [-0.39, 0.29) is 23.7 Å². The molecule has 4 unspecified atom stereocenters. The van der Waals surface area contributed by atoms with Crippen LogP contribution in [0.15, 0.2) is 24.4 Å². The van der Waals surface area contributed by atoms with Crippen molar-refractivity contribution in [1.82, 2.24) is 4.90 Å². The molecule has 0 spiro atoms. The molecule has 0 radical (unpaired) electrons. The van der Waals surface area contributed by atoms with Gasteiger partial charge in [-0.15, -0.1) is 0 Å². The number of carbonyl (C=O) groups excluding carboxylic acids is 2. The fraction of sp³-hybridized carbons (Fsp3) is 0.571. The SMILES string of the molecule is CC(=O)C1C(=O)N(C2C=CC(F)CC2)C=CC1C. The molecule has 0 bridgehead atoms. The smallest absolute Gasteiger partial charge is 0.238 e. The summed E-state index contributed by atoms with van der Waals surface area (Å²) < 4.78 is 13.0. The minimum Gasteiger partial charge on any atom is -0.312 e. The highest BCUT2D eigenvalue weighted by atomic mass is 19.1. The lowest BCUT2D eigenvalue weighted by atomic mass is 9.86. The molecule has 0 aromatic rings. The Labute approximate surface area is 106 Å². The molecule has 0 fully saturated rings. The lowest BCUT2D eigenvalue weighted by molar-refractivity contribution is -0.142. The average Bonchev–Trinajstić information content (AvgIpc) is 2.30. The Morgan fingerprint density at radius 1 is 1.33 bits per heavy atom. The van der Waals surface area contributed by atoms with Gasteiger partial charge in [0, 0.05) is 6.20 Å². The van der Waals surface area contributed by atoms with E-state index in [1.54, 1.807) is 17.2 Å². The standard InChI is InChI=1S/C14H18FNO2/c1-9-7-8-16(14(18)13(9)10(2)17)12-5-3-11(15)4-6-12/h3,5,7-9,11-13H,4,6H2,1-2H3. The largest absolute Gasteiger partial charge is 0.312 e. The molecule has 18 heavy (non-hydrogen) atoms. The van der Waals surface area contributed by atoms with E-state index in [4.69, 9.17) is 0 Å². The van der Waals surface area contributed by atoms with Crippen molar-refractivity contribution in [2.24, 2.45) is 11.8 Å². The molecule has 3 nitrogen and oxygen atoms in total. The molecule has 0 aromatic heterocycles. The summed E-state index contributed by atoms with van der Waals surface area (Å²) in [5.74, 6) is -0.922. The van der Waals surface area contributed by atoms with Crippen molar-refractivity contribution in [3.8, 4) is 0 Å². The zero-order chi connectivity index (χ0) is 13.3. The lowest BCUT2D eigenvalue weighted by Gasteiger charge is -2.36. The molecule has 1 aliphatic heterocycles. The summed E-state index contributed by atoms with van der Waals surface area (Å²) in [6.07, 6.45) is 6.96. The van der Waals surface area contributed by atoms with E-state index in [2.05, 4.69) is 0 Å². The van der Waals surface area contributed by atoms with Gasteiger partial charge in [-0.05, 0) is 25.7 Å². The molecule has 1 aliphatic carbocycles. The van der Waals surface area contributed by atoms with Gasteiger partial charge in [0.05, 0.1) is 6.04 Å². The second-order valence-corrected chi connectivity index (χ2v) is 5.08. The van der Waals surface area contributed by atoms with Gasteiger partial charge in [0.2, 0.25) is 5.91 Å². The molecule has 2 aliphatic rings. The lowest BCUT2D eigenvalue weighted by Crippen LogP contribution is -2.46. The Kier molecular flexibility index (Phi) is 3.64. The van der Waals surface area contributed by atoms with Gasteiger partial charge in [0.15, 0.2) is 0 Å². The number of alkyl halides is 1. The summed E-state index contributed by atoms with van der Waals surface area (Å²) in [5.41, 5.74) is 0. The van der Waals surface area contributed by atoms with Crippen LogP contribution in [0.5, 0.6) is 0 Å². The Morgan fingerprint density at radius 3 is 2.61 bits per heavy atom. The summed E-state index contributed by atoms with van der Waals surface area (Å²) in [5, 5.41) is 0. The van der Waals surface area contributed by atoms with Crippen LogP contribution in [-0.2, 0) is 9.59 Å². The summed E-state index contributed by atoms with van der Waals surface area (Å²) in [6, 6.07) is -0.116. The number of amides is 1. The Bertz CT molecular complexity index is 416. The van der Waals surface area contributed by atoms with Crippen molar-refractivity contribution in [3.63, 3.8) is 0 Å². The molecule has 1 heterocycles. The monoisotopic (exact) mass is 251 g/mol. The first-order chi connectivity index (χ1) is 8.50. The van der Waals surface area contributed by atoms with Crippen LogP contribution in [0.3, 0.4) is 0 Å². The fourth-order valence-electron chi connectivity index (χ4n) is 2.62. The molecule has 2 rings (SSSR count). The summed E-state index contributed by atoms with van der Waals surface area (Å²) in [7, 11) is 0. The van der Waals surface area contributed by atoms with Gasteiger partial charge in [-0.1, -0.05) is 25.2 Å². The maximum atomic E-state index is 13.0. The van der Waals surface area contributed by atoms with Crippen LogP contribution < -0.4 is 0 Å². The molecule has 0 aromatic carbocycles. The molecule has 4 atom stereocenters. The third kappa shape index (κ3) is 2.37. The van der Waals surface area contributed by atoms with E-state index in [0.29, 0.717) is 12.8 Å². The van der Waals surface area contributed by atoms with E-state index < -0.39 is 12.1 Å². The quantitative estimate of drug-likeness (QED) is 0.557. The normalized spacial score (nSPS) is 35.9. The second kappa shape index (κ2) is 5.04. The van der Waals surface area contributed by atoms with Gasteiger partial charge in [-0.3, -0.25) is 9.59 Å². The fourth-order valence-corrected chi connectivity index (χ4v) is 2.62. The van der Waals surface area contributed by atoms with Crippen molar-refractivity contribution < 1.29 is 14.0 Å². The predicted molar refractivity (Wildman–Crippen MR) is 66.4 cm³/mol. The first-order valence-electron chi connectivity index (χ1n) is 6.34. The first-order valence-corrected chi connectivity index (χ1v) is 6.34. The first kappa shape index (κ1) is 13.0. The second-order valence-electron chi connectivity index (χ2n) is 5.08. The molecule has 98 valence electrons. The molecule has 0 N–H and O–H groups in total. The van der Waals surface area contributed by atoms with Gasteiger partial charge >= 0.3 is 0 Å². The average molecular weight is 251 g/mol. The topological polar surface area (TPSA) is 37.4 Å². The minimum atomic E-state index is -0.910. The Balaban J connectivity index is 2.19. The van der Waals surface area contributed by atoms with Crippen molar-refractivity contribution in [1.29, 1.82) is 0 Å². The van der Waals surface area contributed by atoms with Crippen molar-refractivity contribution in [2.45, 2.75) is 38.9 Å². The van der Waals surface area contributed by atoms with Gasteiger partial charge < -0.3 is 4.90 Å². The zero-order valence-electron chi connectivity index (χ0n) is 10.7. The van der Waals surface area contributed by atoms with Crippen LogP contribution in [-0.4, -0.2) is 28.8 Å². The maximum absolute atomic E-state index is 13.0. The molecule has 1 amide bonds. The Hall–Kier alpha value is -1.45. The highest BCUT2D eigenvalue weighted by Crippen LogP contribution is 2.28. The number of allylic oxidation sites excluding steroid dienone is 2. The highest BCUT2D eigenvalue weighted by molar-refractivity contribution is 6.01. The van der Waals surface area contributed by atoms with Crippen molar-refractivity contribution >= 4 is 11.7 Å². The number of carbonyl (C=O) groups is 2. The van der Waals surface area contributed by atoms with Crippen molar-refractivity contribution in [2.75, 3.05) is 0 Å². The number of halogens is 1. The van der Waals surface area contributed by atoms with Crippen LogP contribution >= 0.6 is 0 Å². The van der Waals surface area contributed by atoms with Gasteiger partial charge in [-0.2, -0.15) is 0 Å². The van der Waals surface area contributed by atoms with Gasteiger partial charge in [0.1, 0.15) is 17.9 Å². The van der Waals surface area contributed by atoms with Crippen LogP contribution in [0.2, 0.25) is 0 Å². The third-order valence-corrected chi connectivity index (χ3v) is 3.67. The molecular formula is C14H18FNO2. The van der Waals surface area contributed by atoms with Crippen LogP contribution in [0, 0.1) is 11.8 Å². The number of hydrogen-bond acceptors (Lipinski definition) is 2. The summed E-state index contributed by atoms with van der Waals surface area (Å²) >= 11 is 0. The molecule has 0 saturated heterocycles. The minimum absolute atomic E-state index is 0.0623. The maximum Gasteiger partial charge on any atom is 0.238 e. The van der Waals surface area contributed by atoms with E-state index in [1.165, 1.54) is 13.0 Å². The van der Waals surface area contributed by atoms with E-state index in [0.717, 1.165) is 0 Å². The third-order valence-electron chi connectivity index (χ3n) is 3.67. The van der Waals surface area contributed by atoms with E-state index in [1.807, 2.05) is 13.0 Å². The number of nitrogens with zero attached hydrogens (tertiary/aromatic N) is 1. The van der Waals surface area contributed by atoms with Crippen LogP contribution in [0.1, 0.15) is 26.7 Å². The summed E-state index contributed by atoms with van der Waals surface area (Å²) in [6.45, 7) is 3.32. The molecule has 4 heteroatoms.